The van der Waals surface area contributed by atoms with Crippen molar-refractivity contribution < 1.29 is 4.79 Å². The van der Waals surface area contributed by atoms with Crippen LogP contribution in [-0.4, -0.2) is 12.5 Å². The molecule has 0 unspecified atom stereocenters. The molecule has 0 saturated heterocycles. The molecule has 0 bridgehead atoms. The average molecular weight is 204 g/mol. The van der Waals surface area contributed by atoms with Gasteiger partial charge in [0.1, 0.15) is 6.04 Å². The highest BCUT2D eigenvalue weighted by Crippen LogP contribution is 2.27. The summed E-state index contributed by atoms with van der Waals surface area (Å²) < 4.78 is 0. The third-order valence-corrected chi connectivity index (χ3v) is 2.70. The van der Waals surface area contributed by atoms with Gasteiger partial charge in [-0.05, 0) is 24.3 Å². The lowest BCUT2D eigenvalue weighted by atomic mass is 10.1. The average Bonchev–Trinajstić information content (AvgIpc) is 3.10. The Morgan fingerprint density at radius 2 is 2.07 bits per heavy atom. The molecule has 1 aromatic carbocycles. The van der Waals surface area contributed by atoms with Crippen LogP contribution in [0.2, 0.25) is 0 Å². The predicted octanol–water partition coefficient (Wildman–Crippen LogP) is 1.21. The van der Waals surface area contributed by atoms with Crippen LogP contribution < -0.4 is 11.1 Å². The van der Waals surface area contributed by atoms with Crippen LogP contribution in [0.4, 0.5) is 0 Å². The Labute approximate surface area is 89.7 Å². The Balaban J connectivity index is 1.88. The second kappa shape index (κ2) is 4.45. The molecule has 1 amide bonds. The fraction of sp³-hybridized carbons (Fsp3) is 0.417. The van der Waals surface area contributed by atoms with Crippen LogP contribution in [0.15, 0.2) is 30.3 Å². The molecule has 0 aromatic heterocycles. The van der Waals surface area contributed by atoms with Crippen molar-refractivity contribution in [3.05, 3.63) is 35.9 Å². The van der Waals surface area contributed by atoms with Gasteiger partial charge < -0.3 is 11.1 Å². The number of benzene rings is 1. The summed E-state index contributed by atoms with van der Waals surface area (Å²) in [6.45, 7) is 0.777. The molecular formula is C12H16N2O. The summed E-state index contributed by atoms with van der Waals surface area (Å²) >= 11 is 0. The first kappa shape index (κ1) is 10.2. The number of amides is 1. The molecule has 2 rings (SSSR count). The zero-order valence-corrected chi connectivity index (χ0v) is 8.65. The number of carbonyl (C=O) groups excluding carboxylic acids is 1. The number of nitrogens with one attached hydrogen (secondary N) is 1. The maximum absolute atomic E-state index is 11.6. The van der Waals surface area contributed by atoms with E-state index in [0.29, 0.717) is 5.92 Å². The molecule has 1 aromatic rings. The van der Waals surface area contributed by atoms with Crippen LogP contribution in [0.5, 0.6) is 0 Å². The van der Waals surface area contributed by atoms with Crippen molar-refractivity contribution in [2.75, 3.05) is 6.54 Å². The highest BCUT2D eigenvalue weighted by molar-refractivity contribution is 5.82. The summed E-state index contributed by atoms with van der Waals surface area (Å²) in [5.41, 5.74) is 6.70. The van der Waals surface area contributed by atoms with Gasteiger partial charge >= 0.3 is 0 Å². The van der Waals surface area contributed by atoms with Gasteiger partial charge in [0.2, 0.25) is 5.91 Å². The summed E-state index contributed by atoms with van der Waals surface area (Å²) in [6.07, 6.45) is 2.47. The second-order valence-electron chi connectivity index (χ2n) is 4.08. The smallest absolute Gasteiger partial charge is 0.241 e. The van der Waals surface area contributed by atoms with Crippen molar-refractivity contribution >= 4 is 5.91 Å². The zero-order valence-electron chi connectivity index (χ0n) is 8.65. The molecule has 1 aliphatic rings. The van der Waals surface area contributed by atoms with Crippen LogP contribution in [0.3, 0.4) is 0 Å². The largest absolute Gasteiger partial charge is 0.354 e. The Morgan fingerprint density at radius 3 is 2.67 bits per heavy atom. The molecule has 0 aliphatic heterocycles. The number of hydrogen-bond acceptors (Lipinski definition) is 2. The Bertz CT molecular complexity index is 333. The lowest BCUT2D eigenvalue weighted by Crippen LogP contribution is -2.35. The van der Waals surface area contributed by atoms with Crippen LogP contribution in [-0.2, 0) is 4.79 Å². The molecule has 1 fully saturated rings. The van der Waals surface area contributed by atoms with E-state index in [4.69, 9.17) is 5.73 Å². The first-order valence-electron chi connectivity index (χ1n) is 5.35. The molecule has 1 atom stereocenters. The van der Waals surface area contributed by atoms with Crippen molar-refractivity contribution in [2.45, 2.75) is 18.9 Å². The number of carbonyl (C=O) groups is 1. The highest BCUT2D eigenvalue weighted by Gasteiger charge is 2.23. The normalized spacial score (nSPS) is 17.1. The third kappa shape index (κ3) is 2.80. The van der Waals surface area contributed by atoms with E-state index >= 15 is 0 Å². The van der Waals surface area contributed by atoms with Gasteiger partial charge in [-0.2, -0.15) is 0 Å². The number of hydrogen-bond donors (Lipinski definition) is 2. The molecular weight excluding hydrogens is 188 g/mol. The predicted molar refractivity (Wildman–Crippen MR) is 59.1 cm³/mol. The summed E-state index contributed by atoms with van der Waals surface area (Å²) in [7, 11) is 0. The van der Waals surface area contributed by atoms with Gasteiger partial charge in [-0.1, -0.05) is 30.3 Å². The maximum Gasteiger partial charge on any atom is 0.241 e. The quantitative estimate of drug-likeness (QED) is 0.774. The second-order valence-corrected chi connectivity index (χ2v) is 4.08. The first-order valence-corrected chi connectivity index (χ1v) is 5.35. The number of nitrogens with two attached hydrogens (primary N) is 1. The van der Waals surface area contributed by atoms with Crippen molar-refractivity contribution in [3.63, 3.8) is 0 Å². The monoisotopic (exact) mass is 204 g/mol. The van der Waals surface area contributed by atoms with Crippen LogP contribution in [0, 0.1) is 5.92 Å². The van der Waals surface area contributed by atoms with E-state index in [0.717, 1.165) is 12.1 Å². The first-order chi connectivity index (χ1) is 7.27. The fourth-order valence-corrected chi connectivity index (χ4v) is 1.49. The van der Waals surface area contributed by atoms with Crippen LogP contribution in [0.25, 0.3) is 0 Å². The topological polar surface area (TPSA) is 55.1 Å². The van der Waals surface area contributed by atoms with E-state index < -0.39 is 6.04 Å². The van der Waals surface area contributed by atoms with E-state index in [1.165, 1.54) is 12.8 Å². The lowest BCUT2D eigenvalue weighted by Gasteiger charge is -2.11. The maximum atomic E-state index is 11.6. The standard InChI is InChI=1S/C12H16N2O/c13-11(10-4-2-1-3-5-10)12(15)14-8-9-6-7-9/h1-5,9,11H,6-8,13H2,(H,14,15)/t11-/m1/s1. The van der Waals surface area contributed by atoms with Gasteiger partial charge in [-0.3, -0.25) is 4.79 Å². The van der Waals surface area contributed by atoms with E-state index in [1.54, 1.807) is 0 Å². The van der Waals surface area contributed by atoms with Crippen LogP contribution in [0.1, 0.15) is 24.4 Å². The van der Waals surface area contributed by atoms with Gasteiger partial charge in [0.05, 0.1) is 0 Å². The molecule has 15 heavy (non-hydrogen) atoms. The summed E-state index contributed by atoms with van der Waals surface area (Å²) in [6, 6.07) is 8.92. The molecule has 0 heterocycles. The van der Waals surface area contributed by atoms with Crippen LogP contribution >= 0.6 is 0 Å². The van der Waals surface area contributed by atoms with Crippen molar-refractivity contribution in [3.8, 4) is 0 Å². The van der Waals surface area contributed by atoms with Gasteiger partial charge in [0, 0.05) is 6.54 Å². The van der Waals surface area contributed by atoms with Crippen molar-refractivity contribution in [1.82, 2.24) is 5.32 Å². The minimum atomic E-state index is -0.537. The summed E-state index contributed by atoms with van der Waals surface area (Å²) in [5.74, 6) is 0.616. The number of rotatable bonds is 4. The Kier molecular flexibility index (Phi) is 3.02. The van der Waals surface area contributed by atoms with E-state index in [9.17, 15) is 4.79 Å². The molecule has 1 aliphatic carbocycles. The minimum Gasteiger partial charge on any atom is -0.354 e. The Morgan fingerprint density at radius 1 is 1.40 bits per heavy atom. The molecule has 3 heteroatoms. The molecule has 0 radical (unpaired) electrons. The van der Waals surface area contributed by atoms with Gasteiger partial charge in [-0.25, -0.2) is 0 Å². The highest BCUT2D eigenvalue weighted by atomic mass is 16.2. The van der Waals surface area contributed by atoms with Gasteiger partial charge in [0.15, 0.2) is 0 Å². The van der Waals surface area contributed by atoms with Gasteiger partial charge in [0.25, 0.3) is 0 Å². The molecule has 80 valence electrons. The van der Waals surface area contributed by atoms with E-state index in [-0.39, 0.29) is 5.91 Å². The van der Waals surface area contributed by atoms with Gasteiger partial charge in [-0.15, -0.1) is 0 Å². The third-order valence-electron chi connectivity index (χ3n) is 2.70. The van der Waals surface area contributed by atoms with Crippen molar-refractivity contribution in [1.29, 1.82) is 0 Å². The van der Waals surface area contributed by atoms with Crippen molar-refractivity contribution in [2.24, 2.45) is 11.7 Å². The SMILES string of the molecule is N[C@@H](C(=O)NCC1CC1)c1ccccc1. The fourth-order valence-electron chi connectivity index (χ4n) is 1.49. The lowest BCUT2D eigenvalue weighted by molar-refractivity contribution is -0.122. The molecule has 3 N–H and O–H groups in total. The summed E-state index contributed by atoms with van der Waals surface area (Å²) in [4.78, 5) is 11.6. The Hall–Kier alpha value is -1.35. The summed E-state index contributed by atoms with van der Waals surface area (Å²) in [5, 5.41) is 2.88. The molecule has 1 saturated carbocycles. The minimum absolute atomic E-state index is 0.0758. The zero-order chi connectivity index (χ0) is 10.7. The molecule has 0 spiro atoms. The van der Waals surface area contributed by atoms with E-state index in [1.807, 2.05) is 30.3 Å². The molecule has 3 nitrogen and oxygen atoms in total. The van der Waals surface area contributed by atoms with E-state index in [2.05, 4.69) is 5.32 Å².